The van der Waals surface area contributed by atoms with Crippen LogP contribution in [0.15, 0.2) is 12.3 Å². The molecule has 0 aromatic heterocycles. The zero-order valence-electron chi connectivity index (χ0n) is 9.78. The van der Waals surface area contributed by atoms with Gasteiger partial charge in [0.1, 0.15) is 0 Å². The third-order valence-electron chi connectivity index (χ3n) is 3.95. The van der Waals surface area contributed by atoms with Crippen molar-refractivity contribution in [2.45, 2.75) is 32.1 Å². The third-order valence-corrected chi connectivity index (χ3v) is 3.95. The SMILES string of the molecule is CN(C)/C=C/C(=O)C1CC2CCC1CC2. The van der Waals surface area contributed by atoms with Crippen LogP contribution in [0.2, 0.25) is 0 Å². The van der Waals surface area contributed by atoms with Crippen molar-refractivity contribution in [2.24, 2.45) is 17.8 Å². The first-order valence-corrected chi connectivity index (χ1v) is 6.05. The van der Waals surface area contributed by atoms with Gasteiger partial charge in [0.05, 0.1) is 0 Å². The van der Waals surface area contributed by atoms with Crippen molar-refractivity contribution < 1.29 is 4.79 Å². The second kappa shape index (κ2) is 4.38. The number of allylic oxidation sites excluding steroid dienone is 1. The molecule has 84 valence electrons. The summed E-state index contributed by atoms with van der Waals surface area (Å²) >= 11 is 0. The standard InChI is InChI=1S/C13H21NO/c1-14(2)8-7-13(15)12-9-10-3-5-11(12)6-4-10/h7-8,10-12H,3-6,9H2,1-2H3/b8-7+. The Morgan fingerprint density at radius 1 is 1.20 bits per heavy atom. The summed E-state index contributed by atoms with van der Waals surface area (Å²) in [4.78, 5) is 13.9. The van der Waals surface area contributed by atoms with Gasteiger partial charge in [-0.2, -0.15) is 0 Å². The Hall–Kier alpha value is -0.790. The van der Waals surface area contributed by atoms with Crippen molar-refractivity contribution in [3.8, 4) is 0 Å². The summed E-state index contributed by atoms with van der Waals surface area (Å²) in [6.45, 7) is 0. The van der Waals surface area contributed by atoms with E-state index in [-0.39, 0.29) is 0 Å². The highest BCUT2D eigenvalue weighted by molar-refractivity contribution is 5.92. The molecule has 2 bridgehead atoms. The Morgan fingerprint density at radius 3 is 2.33 bits per heavy atom. The molecule has 2 nitrogen and oxygen atoms in total. The van der Waals surface area contributed by atoms with E-state index >= 15 is 0 Å². The van der Waals surface area contributed by atoms with E-state index in [1.165, 1.54) is 25.7 Å². The van der Waals surface area contributed by atoms with E-state index in [4.69, 9.17) is 0 Å². The topological polar surface area (TPSA) is 20.3 Å². The fourth-order valence-corrected chi connectivity index (χ4v) is 3.07. The van der Waals surface area contributed by atoms with Crippen molar-refractivity contribution in [1.29, 1.82) is 0 Å². The Morgan fingerprint density at radius 2 is 1.87 bits per heavy atom. The van der Waals surface area contributed by atoms with Gasteiger partial charge < -0.3 is 4.90 Å². The van der Waals surface area contributed by atoms with Gasteiger partial charge >= 0.3 is 0 Å². The minimum absolute atomic E-state index is 0.341. The maximum Gasteiger partial charge on any atom is 0.160 e. The second-order valence-electron chi connectivity index (χ2n) is 5.30. The van der Waals surface area contributed by atoms with Crippen LogP contribution in [0.3, 0.4) is 0 Å². The summed E-state index contributed by atoms with van der Waals surface area (Å²) in [6, 6.07) is 0. The molecule has 1 atom stereocenters. The first-order chi connectivity index (χ1) is 7.16. The van der Waals surface area contributed by atoms with Gasteiger partial charge in [0, 0.05) is 26.2 Å². The molecule has 2 heteroatoms. The van der Waals surface area contributed by atoms with Crippen LogP contribution in [-0.2, 0) is 4.79 Å². The van der Waals surface area contributed by atoms with Crippen LogP contribution in [-0.4, -0.2) is 24.8 Å². The molecule has 3 aliphatic rings. The van der Waals surface area contributed by atoms with Crippen LogP contribution in [0.4, 0.5) is 0 Å². The van der Waals surface area contributed by atoms with Crippen LogP contribution in [0.1, 0.15) is 32.1 Å². The molecule has 0 radical (unpaired) electrons. The molecule has 0 spiro atoms. The van der Waals surface area contributed by atoms with Crippen molar-refractivity contribution in [3.63, 3.8) is 0 Å². The average Bonchev–Trinajstić information content (AvgIpc) is 2.27. The number of rotatable bonds is 3. The van der Waals surface area contributed by atoms with Crippen LogP contribution in [0.5, 0.6) is 0 Å². The molecule has 15 heavy (non-hydrogen) atoms. The number of nitrogens with zero attached hydrogens (tertiary/aromatic N) is 1. The molecule has 0 aromatic rings. The summed E-state index contributed by atoms with van der Waals surface area (Å²) in [7, 11) is 3.91. The Kier molecular flexibility index (Phi) is 3.13. The number of fused-ring (bicyclic) bond motifs is 3. The Labute approximate surface area is 92.3 Å². The molecular formula is C13H21NO. The minimum Gasteiger partial charge on any atom is -0.383 e. The lowest BCUT2D eigenvalue weighted by Gasteiger charge is -2.41. The van der Waals surface area contributed by atoms with Crippen molar-refractivity contribution in [2.75, 3.05) is 14.1 Å². The number of hydrogen-bond acceptors (Lipinski definition) is 2. The molecule has 0 saturated heterocycles. The zero-order chi connectivity index (χ0) is 10.8. The van der Waals surface area contributed by atoms with Gasteiger partial charge in [-0.15, -0.1) is 0 Å². The van der Waals surface area contributed by atoms with Gasteiger partial charge in [-0.3, -0.25) is 4.79 Å². The fraction of sp³-hybridized carbons (Fsp3) is 0.769. The van der Waals surface area contributed by atoms with Gasteiger partial charge in [-0.05, 0) is 37.2 Å². The Bertz CT molecular complexity index is 262. The minimum atomic E-state index is 0.341. The number of hydrogen-bond donors (Lipinski definition) is 0. The predicted octanol–water partition coefficient (Wildman–Crippen LogP) is 2.46. The lowest BCUT2D eigenvalue weighted by Crippen LogP contribution is -2.35. The van der Waals surface area contributed by atoms with Gasteiger partial charge in [0.15, 0.2) is 5.78 Å². The number of ketones is 1. The van der Waals surface area contributed by atoms with Gasteiger partial charge in [0.25, 0.3) is 0 Å². The fourth-order valence-electron chi connectivity index (χ4n) is 3.07. The summed E-state index contributed by atoms with van der Waals surface area (Å²) in [6.07, 6.45) is 10.1. The second-order valence-corrected chi connectivity index (χ2v) is 5.30. The molecule has 0 N–H and O–H groups in total. The quantitative estimate of drug-likeness (QED) is 0.663. The molecule has 0 aliphatic heterocycles. The molecule has 0 amide bonds. The predicted molar refractivity (Wildman–Crippen MR) is 61.4 cm³/mol. The molecule has 1 unspecified atom stereocenters. The maximum atomic E-state index is 12.0. The molecule has 3 fully saturated rings. The van der Waals surface area contributed by atoms with E-state index < -0.39 is 0 Å². The van der Waals surface area contributed by atoms with Crippen LogP contribution in [0, 0.1) is 17.8 Å². The molecule has 0 aromatic carbocycles. The highest BCUT2D eigenvalue weighted by Gasteiger charge is 2.38. The smallest absolute Gasteiger partial charge is 0.160 e. The first kappa shape index (κ1) is 10.7. The molecule has 3 aliphatic carbocycles. The summed E-state index contributed by atoms with van der Waals surface area (Å²) in [5, 5.41) is 0. The number of carbonyl (C=O) groups excluding carboxylic acids is 1. The van der Waals surface area contributed by atoms with Crippen LogP contribution in [0.25, 0.3) is 0 Å². The summed E-state index contributed by atoms with van der Waals surface area (Å²) in [5.41, 5.74) is 0. The highest BCUT2D eigenvalue weighted by Crippen LogP contribution is 2.45. The largest absolute Gasteiger partial charge is 0.383 e. The number of carbonyl (C=O) groups is 1. The Balaban J connectivity index is 1.96. The van der Waals surface area contributed by atoms with E-state index in [1.54, 1.807) is 6.08 Å². The third kappa shape index (κ3) is 2.42. The monoisotopic (exact) mass is 207 g/mol. The van der Waals surface area contributed by atoms with Crippen molar-refractivity contribution in [3.05, 3.63) is 12.3 Å². The maximum absolute atomic E-state index is 12.0. The van der Waals surface area contributed by atoms with Gasteiger partial charge in [-0.25, -0.2) is 0 Å². The van der Waals surface area contributed by atoms with Gasteiger partial charge in [0.2, 0.25) is 0 Å². The lowest BCUT2D eigenvalue weighted by atomic mass is 9.63. The van der Waals surface area contributed by atoms with Crippen molar-refractivity contribution >= 4 is 5.78 Å². The van der Waals surface area contributed by atoms with Gasteiger partial charge in [-0.1, -0.05) is 12.8 Å². The summed E-state index contributed by atoms with van der Waals surface area (Å²) < 4.78 is 0. The molecule has 3 rings (SSSR count). The lowest BCUT2D eigenvalue weighted by molar-refractivity contribution is -0.123. The van der Waals surface area contributed by atoms with Crippen molar-refractivity contribution in [1.82, 2.24) is 4.90 Å². The van der Waals surface area contributed by atoms with E-state index in [0.29, 0.717) is 17.6 Å². The van der Waals surface area contributed by atoms with E-state index in [0.717, 1.165) is 12.3 Å². The van der Waals surface area contributed by atoms with Crippen LogP contribution >= 0.6 is 0 Å². The highest BCUT2D eigenvalue weighted by atomic mass is 16.1. The van der Waals surface area contributed by atoms with E-state index in [2.05, 4.69) is 0 Å². The molecule has 3 saturated carbocycles. The van der Waals surface area contributed by atoms with Crippen LogP contribution < -0.4 is 0 Å². The zero-order valence-corrected chi connectivity index (χ0v) is 9.78. The van der Waals surface area contributed by atoms with E-state index in [1.807, 2.05) is 25.2 Å². The average molecular weight is 207 g/mol. The van der Waals surface area contributed by atoms with E-state index in [9.17, 15) is 4.79 Å². The normalized spacial score (nSPS) is 34.7. The molecular weight excluding hydrogens is 186 g/mol. The first-order valence-electron chi connectivity index (χ1n) is 6.05. The summed E-state index contributed by atoms with van der Waals surface area (Å²) in [5.74, 6) is 2.23. The molecule has 0 heterocycles.